The Morgan fingerprint density at radius 1 is 1.05 bits per heavy atom. The topological polar surface area (TPSA) is 162 Å². The minimum absolute atomic E-state index is 0.0566. The van der Waals surface area contributed by atoms with Gasteiger partial charge in [-0.05, 0) is 66.1 Å². The first-order chi connectivity index (χ1) is 20.1. The number of anilines is 1. The zero-order chi connectivity index (χ0) is 29.6. The number of nitrogens with one attached hydrogen (secondary N) is 2. The maximum atomic E-state index is 13.3. The van der Waals surface area contributed by atoms with Crippen LogP contribution in [0, 0.1) is 11.8 Å². The van der Waals surface area contributed by atoms with Gasteiger partial charge in [-0.2, -0.15) is 9.82 Å². The highest BCUT2D eigenvalue weighted by atomic mass is 35.5. The molecular formula is C28H32ClN7O5S. The average molecular weight is 614 g/mol. The molecule has 0 spiro atoms. The monoisotopic (exact) mass is 613 g/mol. The van der Waals surface area contributed by atoms with Gasteiger partial charge in [0, 0.05) is 37.7 Å². The van der Waals surface area contributed by atoms with Crippen LogP contribution in [-0.4, -0.2) is 96.3 Å². The van der Waals surface area contributed by atoms with E-state index in [0.717, 1.165) is 11.8 Å². The lowest BCUT2D eigenvalue weighted by molar-refractivity contribution is -0.145. The molecule has 0 radical (unpaired) electrons. The summed E-state index contributed by atoms with van der Waals surface area (Å²) in [6.07, 6.45) is 3.27. The molecule has 3 aromatic rings. The van der Waals surface area contributed by atoms with E-state index in [1.54, 1.807) is 40.1 Å². The SMILES string of the molecule is Nc1[nH]ncc1C(=O)N1C[C@@H]2C[C@@H](CN(C(=O)CN3CCC[C@H](NS(=O)(=O)c4ccc5cc(Cl)ccc5c4)C3=O)C2)C1. The number of nitrogens with two attached hydrogens (primary N) is 1. The Bertz CT molecular complexity index is 1650. The summed E-state index contributed by atoms with van der Waals surface area (Å²) in [6, 6.07) is 8.96. The number of H-pyrrole nitrogens is 1. The van der Waals surface area contributed by atoms with Crippen LogP contribution in [0.3, 0.4) is 0 Å². The lowest BCUT2D eigenvalue weighted by Crippen LogP contribution is -2.58. The molecule has 222 valence electrons. The molecule has 0 saturated carbocycles. The van der Waals surface area contributed by atoms with Gasteiger partial charge < -0.3 is 20.4 Å². The van der Waals surface area contributed by atoms with E-state index >= 15 is 0 Å². The van der Waals surface area contributed by atoms with E-state index in [-0.39, 0.29) is 40.9 Å². The number of benzene rings is 2. The van der Waals surface area contributed by atoms with Crippen LogP contribution in [0.5, 0.6) is 0 Å². The quantitative estimate of drug-likeness (QED) is 0.381. The van der Waals surface area contributed by atoms with Crippen molar-refractivity contribution in [3.63, 3.8) is 0 Å². The number of amides is 3. The van der Waals surface area contributed by atoms with Gasteiger partial charge in [0.1, 0.15) is 17.4 Å². The van der Waals surface area contributed by atoms with Gasteiger partial charge >= 0.3 is 0 Å². The van der Waals surface area contributed by atoms with E-state index < -0.39 is 22.0 Å². The molecule has 4 N–H and O–H groups in total. The number of fused-ring (bicyclic) bond motifs is 3. The summed E-state index contributed by atoms with van der Waals surface area (Å²) in [5.74, 6) is -0.273. The second-order valence-corrected chi connectivity index (χ2v) is 13.6. The van der Waals surface area contributed by atoms with E-state index in [0.29, 0.717) is 61.5 Å². The Morgan fingerprint density at radius 3 is 2.45 bits per heavy atom. The number of sulfonamides is 1. The Labute approximate surface area is 248 Å². The zero-order valence-corrected chi connectivity index (χ0v) is 24.4. The zero-order valence-electron chi connectivity index (χ0n) is 22.8. The number of hydrogen-bond donors (Lipinski definition) is 3. The number of rotatable bonds is 6. The molecule has 3 saturated heterocycles. The normalized spacial score (nSPS) is 22.9. The maximum absolute atomic E-state index is 13.3. The summed E-state index contributed by atoms with van der Waals surface area (Å²) >= 11 is 6.04. The molecule has 6 rings (SSSR count). The minimum atomic E-state index is -3.98. The Balaban J connectivity index is 1.07. The lowest BCUT2D eigenvalue weighted by atomic mass is 9.84. The van der Waals surface area contributed by atoms with Gasteiger partial charge in [0.2, 0.25) is 21.8 Å². The molecule has 3 fully saturated rings. The minimum Gasteiger partial charge on any atom is -0.383 e. The van der Waals surface area contributed by atoms with Crippen molar-refractivity contribution in [2.24, 2.45) is 11.8 Å². The van der Waals surface area contributed by atoms with Gasteiger partial charge in [0.15, 0.2) is 0 Å². The molecule has 2 bridgehead atoms. The van der Waals surface area contributed by atoms with Crippen molar-refractivity contribution < 1.29 is 22.8 Å². The second-order valence-electron chi connectivity index (χ2n) is 11.4. The van der Waals surface area contributed by atoms with E-state index in [1.165, 1.54) is 17.2 Å². The first-order valence-electron chi connectivity index (χ1n) is 13.9. The molecular weight excluding hydrogens is 582 g/mol. The van der Waals surface area contributed by atoms with Gasteiger partial charge in [-0.3, -0.25) is 19.5 Å². The molecule has 3 aliphatic rings. The van der Waals surface area contributed by atoms with Crippen molar-refractivity contribution in [3.8, 4) is 0 Å². The number of halogens is 1. The standard InChI is InChI=1S/C28H32ClN7O5S/c29-21-5-3-20-10-22(6-4-19(20)9-21)42(40,41)33-24-2-1-7-34(28(24)39)16-25(37)35-12-17-8-18(13-35)15-36(14-17)27(38)23-11-31-32-26(23)30/h3-6,9-11,17-18,24,33H,1-2,7-8,12-16H2,(H3,30,31,32)/t17-,18+,24-/m0/s1. The fourth-order valence-electron chi connectivity index (χ4n) is 6.37. The number of nitrogen functional groups attached to an aromatic ring is 1. The first kappa shape index (κ1) is 28.4. The van der Waals surface area contributed by atoms with Crippen LogP contribution in [0.25, 0.3) is 10.8 Å². The fourth-order valence-corrected chi connectivity index (χ4v) is 7.81. The third-order valence-electron chi connectivity index (χ3n) is 8.36. The Morgan fingerprint density at radius 2 is 1.74 bits per heavy atom. The van der Waals surface area contributed by atoms with E-state index in [2.05, 4.69) is 14.9 Å². The first-order valence-corrected chi connectivity index (χ1v) is 15.8. The molecule has 2 aromatic carbocycles. The maximum Gasteiger partial charge on any atom is 0.259 e. The summed E-state index contributed by atoms with van der Waals surface area (Å²) in [4.78, 5) is 44.6. The third kappa shape index (κ3) is 5.68. The number of likely N-dealkylation sites (tertiary alicyclic amines) is 3. The largest absolute Gasteiger partial charge is 0.383 e. The van der Waals surface area contributed by atoms with Gasteiger partial charge in [0.25, 0.3) is 5.91 Å². The average Bonchev–Trinajstić information content (AvgIpc) is 3.39. The van der Waals surface area contributed by atoms with Crippen molar-refractivity contribution in [3.05, 3.63) is 53.2 Å². The molecule has 42 heavy (non-hydrogen) atoms. The van der Waals surface area contributed by atoms with Crippen molar-refractivity contribution in [2.45, 2.75) is 30.2 Å². The number of carbonyl (C=O) groups is 3. The predicted octanol–water partition coefficient (Wildman–Crippen LogP) is 1.69. The molecule has 3 atom stereocenters. The van der Waals surface area contributed by atoms with Crippen molar-refractivity contribution in [1.29, 1.82) is 0 Å². The molecule has 3 amide bonds. The van der Waals surface area contributed by atoms with E-state index in [9.17, 15) is 22.8 Å². The Kier molecular flexibility index (Phi) is 7.58. The van der Waals surface area contributed by atoms with E-state index in [1.807, 2.05) is 0 Å². The van der Waals surface area contributed by atoms with Crippen molar-refractivity contribution in [1.82, 2.24) is 29.6 Å². The number of nitrogens with zero attached hydrogens (tertiary/aromatic N) is 4. The van der Waals surface area contributed by atoms with Crippen molar-refractivity contribution >= 4 is 55.9 Å². The summed E-state index contributed by atoms with van der Waals surface area (Å²) in [6.45, 7) is 2.28. The molecule has 1 aromatic heterocycles. The highest BCUT2D eigenvalue weighted by Gasteiger charge is 2.40. The summed E-state index contributed by atoms with van der Waals surface area (Å²) in [5, 5.41) is 8.50. The molecule has 4 heterocycles. The number of hydrogen-bond acceptors (Lipinski definition) is 7. The van der Waals surface area contributed by atoms with Crippen LogP contribution in [0.1, 0.15) is 29.6 Å². The molecule has 0 aliphatic carbocycles. The fraction of sp³-hybridized carbons (Fsp3) is 0.429. The van der Waals surface area contributed by atoms with E-state index in [4.69, 9.17) is 17.3 Å². The number of carbonyl (C=O) groups excluding carboxylic acids is 3. The van der Waals surface area contributed by atoms with Gasteiger partial charge in [-0.1, -0.05) is 23.7 Å². The van der Waals surface area contributed by atoms with Crippen LogP contribution in [0.15, 0.2) is 47.5 Å². The Hall–Kier alpha value is -3.68. The van der Waals surface area contributed by atoms with Gasteiger partial charge in [-0.15, -0.1) is 0 Å². The van der Waals surface area contributed by atoms with Crippen molar-refractivity contribution in [2.75, 3.05) is 45.0 Å². The highest BCUT2D eigenvalue weighted by Crippen LogP contribution is 2.30. The van der Waals surface area contributed by atoms with Crippen LogP contribution in [0.2, 0.25) is 5.02 Å². The highest BCUT2D eigenvalue weighted by molar-refractivity contribution is 7.89. The smallest absolute Gasteiger partial charge is 0.259 e. The summed E-state index contributed by atoms with van der Waals surface area (Å²) < 4.78 is 28.9. The summed E-state index contributed by atoms with van der Waals surface area (Å²) in [5.41, 5.74) is 6.18. The molecule has 12 nitrogen and oxygen atoms in total. The number of piperidine rings is 3. The third-order valence-corrected chi connectivity index (χ3v) is 10.1. The predicted molar refractivity (Wildman–Crippen MR) is 156 cm³/mol. The van der Waals surface area contributed by atoms with Crippen LogP contribution in [0.4, 0.5) is 5.82 Å². The van der Waals surface area contributed by atoms with Crippen LogP contribution in [-0.2, 0) is 19.6 Å². The molecule has 0 unspecified atom stereocenters. The number of aromatic nitrogens is 2. The molecule has 14 heteroatoms. The molecule has 3 aliphatic heterocycles. The van der Waals surface area contributed by atoms with Gasteiger partial charge in [-0.25, -0.2) is 8.42 Å². The van der Waals surface area contributed by atoms with Gasteiger partial charge in [0.05, 0.1) is 17.6 Å². The second kappa shape index (κ2) is 11.2. The van der Waals surface area contributed by atoms with Crippen LogP contribution >= 0.6 is 11.6 Å². The number of aromatic amines is 1. The van der Waals surface area contributed by atoms with Crippen LogP contribution < -0.4 is 10.5 Å². The summed E-state index contributed by atoms with van der Waals surface area (Å²) in [7, 11) is -3.98. The lowest BCUT2D eigenvalue weighted by Gasteiger charge is -2.46.